The molecule has 0 saturated heterocycles. The number of methoxy groups -OCH3 is 1. The topological polar surface area (TPSA) is 51.1 Å². The SMILES string of the molecule is COc1ccc2c(ccc3nc4c(CCCN(C)C)nc5ccccc5c4nc32)c1. The van der Waals surface area contributed by atoms with Crippen molar-refractivity contribution in [1.29, 1.82) is 0 Å². The normalized spacial score (nSPS) is 11.9. The molecular formula is C25H24N4O. The molecule has 2 aromatic heterocycles. The predicted octanol–water partition coefficient (Wildman–Crippen LogP) is 4.99. The lowest BCUT2D eigenvalue weighted by Crippen LogP contribution is -2.14. The van der Waals surface area contributed by atoms with Crippen molar-refractivity contribution in [2.45, 2.75) is 12.8 Å². The second-order valence-electron chi connectivity index (χ2n) is 7.92. The van der Waals surface area contributed by atoms with Crippen LogP contribution in [0.1, 0.15) is 12.1 Å². The lowest BCUT2D eigenvalue weighted by molar-refractivity contribution is 0.400. The second-order valence-corrected chi connectivity index (χ2v) is 7.92. The van der Waals surface area contributed by atoms with Gasteiger partial charge in [-0.25, -0.2) is 9.97 Å². The van der Waals surface area contributed by atoms with E-state index >= 15 is 0 Å². The number of aryl methyl sites for hydroxylation is 1. The Labute approximate surface area is 175 Å². The molecule has 0 bridgehead atoms. The zero-order valence-electron chi connectivity index (χ0n) is 17.5. The van der Waals surface area contributed by atoms with E-state index in [-0.39, 0.29) is 0 Å². The fourth-order valence-electron chi connectivity index (χ4n) is 4.05. The molecule has 0 aliphatic heterocycles. The van der Waals surface area contributed by atoms with Gasteiger partial charge >= 0.3 is 0 Å². The summed E-state index contributed by atoms with van der Waals surface area (Å²) in [5, 5.41) is 3.22. The summed E-state index contributed by atoms with van der Waals surface area (Å²) in [7, 11) is 5.88. The average molecular weight is 396 g/mol. The Hall–Kier alpha value is -3.31. The van der Waals surface area contributed by atoms with Crippen LogP contribution in [0.15, 0.2) is 54.6 Å². The van der Waals surface area contributed by atoms with Gasteiger partial charge in [-0.2, -0.15) is 0 Å². The Morgan fingerprint density at radius 1 is 0.800 bits per heavy atom. The number of ether oxygens (including phenoxy) is 1. The smallest absolute Gasteiger partial charge is 0.119 e. The summed E-state index contributed by atoms with van der Waals surface area (Å²) in [6.45, 7) is 1.02. The van der Waals surface area contributed by atoms with E-state index in [1.54, 1.807) is 7.11 Å². The molecule has 0 aliphatic rings. The van der Waals surface area contributed by atoms with E-state index < -0.39 is 0 Å². The van der Waals surface area contributed by atoms with Crippen LogP contribution in [0, 0.1) is 0 Å². The number of benzene rings is 3. The first-order valence-corrected chi connectivity index (χ1v) is 10.2. The molecule has 3 aromatic carbocycles. The fourth-order valence-corrected chi connectivity index (χ4v) is 4.05. The van der Waals surface area contributed by atoms with Crippen LogP contribution in [0.2, 0.25) is 0 Å². The number of nitrogens with zero attached hydrogens (tertiary/aromatic N) is 4. The maximum Gasteiger partial charge on any atom is 0.119 e. The van der Waals surface area contributed by atoms with Gasteiger partial charge in [-0.1, -0.05) is 24.3 Å². The minimum atomic E-state index is 0.841. The molecular weight excluding hydrogens is 372 g/mol. The first kappa shape index (κ1) is 18.7. The van der Waals surface area contributed by atoms with Crippen molar-refractivity contribution < 1.29 is 4.74 Å². The number of hydrogen-bond acceptors (Lipinski definition) is 5. The number of pyridine rings is 1. The summed E-state index contributed by atoms with van der Waals surface area (Å²) in [6.07, 6.45) is 1.91. The van der Waals surface area contributed by atoms with Crippen molar-refractivity contribution in [3.8, 4) is 5.75 Å². The van der Waals surface area contributed by atoms with E-state index in [1.165, 1.54) is 0 Å². The van der Waals surface area contributed by atoms with E-state index in [4.69, 9.17) is 19.7 Å². The highest BCUT2D eigenvalue weighted by Crippen LogP contribution is 2.31. The molecule has 5 aromatic rings. The van der Waals surface area contributed by atoms with Gasteiger partial charge in [-0.3, -0.25) is 4.98 Å². The molecule has 5 rings (SSSR count). The Morgan fingerprint density at radius 3 is 2.50 bits per heavy atom. The third kappa shape index (κ3) is 3.21. The van der Waals surface area contributed by atoms with Crippen molar-refractivity contribution in [2.24, 2.45) is 0 Å². The number of aromatic nitrogens is 3. The van der Waals surface area contributed by atoms with Crippen LogP contribution in [0.5, 0.6) is 5.75 Å². The first-order chi connectivity index (χ1) is 14.6. The Morgan fingerprint density at radius 2 is 1.67 bits per heavy atom. The summed E-state index contributed by atoms with van der Waals surface area (Å²) >= 11 is 0. The van der Waals surface area contributed by atoms with Gasteiger partial charge in [0.05, 0.1) is 29.4 Å². The van der Waals surface area contributed by atoms with Gasteiger partial charge < -0.3 is 9.64 Å². The first-order valence-electron chi connectivity index (χ1n) is 10.2. The van der Waals surface area contributed by atoms with Crippen molar-refractivity contribution in [1.82, 2.24) is 19.9 Å². The Bertz CT molecular complexity index is 1390. The van der Waals surface area contributed by atoms with E-state index in [0.29, 0.717) is 0 Å². The minimum absolute atomic E-state index is 0.841. The predicted molar refractivity (Wildman–Crippen MR) is 123 cm³/mol. The summed E-state index contributed by atoms with van der Waals surface area (Å²) in [5.74, 6) is 0.841. The van der Waals surface area contributed by atoms with Crippen LogP contribution in [0.3, 0.4) is 0 Å². The van der Waals surface area contributed by atoms with E-state index in [0.717, 1.165) is 74.6 Å². The Balaban J connectivity index is 1.79. The highest BCUT2D eigenvalue weighted by molar-refractivity contribution is 6.10. The van der Waals surface area contributed by atoms with Crippen molar-refractivity contribution in [3.63, 3.8) is 0 Å². The van der Waals surface area contributed by atoms with Crippen LogP contribution in [0.25, 0.3) is 43.7 Å². The largest absolute Gasteiger partial charge is 0.497 e. The van der Waals surface area contributed by atoms with Gasteiger partial charge in [0, 0.05) is 10.8 Å². The molecule has 0 spiro atoms. The van der Waals surface area contributed by atoms with Crippen LogP contribution in [-0.2, 0) is 6.42 Å². The summed E-state index contributed by atoms with van der Waals surface area (Å²) in [6, 6.07) is 18.4. The van der Waals surface area contributed by atoms with Gasteiger partial charge in [-0.05, 0) is 69.2 Å². The number of para-hydroxylation sites is 1. The molecule has 0 saturated carbocycles. The van der Waals surface area contributed by atoms with E-state index in [9.17, 15) is 0 Å². The highest BCUT2D eigenvalue weighted by Gasteiger charge is 2.14. The van der Waals surface area contributed by atoms with Crippen molar-refractivity contribution >= 4 is 43.7 Å². The van der Waals surface area contributed by atoms with Gasteiger partial charge in [0.1, 0.15) is 16.8 Å². The highest BCUT2D eigenvalue weighted by atomic mass is 16.5. The quantitative estimate of drug-likeness (QED) is 0.309. The van der Waals surface area contributed by atoms with Gasteiger partial charge in [-0.15, -0.1) is 0 Å². The number of rotatable bonds is 5. The molecule has 0 unspecified atom stereocenters. The van der Waals surface area contributed by atoms with Gasteiger partial charge in [0.2, 0.25) is 0 Å². The molecule has 150 valence electrons. The number of fused-ring (bicyclic) bond motifs is 6. The molecule has 0 radical (unpaired) electrons. The second kappa shape index (κ2) is 7.50. The van der Waals surface area contributed by atoms with Crippen LogP contribution < -0.4 is 4.74 Å². The van der Waals surface area contributed by atoms with E-state index in [2.05, 4.69) is 43.3 Å². The monoisotopic (exact) mass is 396 g/mol. The van der Waals surface area contributed by atoms with Crippen molar-refractivity contribution in [2.75, 3.05) is 27.7 Å². The summed E-state index contributed by atoms with van der Waals surface area (Å²) in [4.78, 5) is 17.3. The standard InChI is InChI=1S/C25H24N4O/c1-29(2)14-6-9-21-25-24(19-7-4-5-8-20(19)26-21)28-23-18-12-11-17(30-3)15-16(18)10-13-22(23)27-25/h4-5,7-8,10-13,15H,6,9,14H2,1-3H3. The third-order valence-electron chi connectivity index (χ3n) is 5.56. The average Bonchev–Trinajstić information content (AvgIpc) is 2.77. The molecule has 5 nitrogen and oxygen atoms in total. The summed E-state index contributed by atoms with van der Waals surface area (Å²) < 4.78 is 5.38. The minimum Gasteiger partial charge on any atom is -0.497 e. The lowest BCUT2D eigenvalue weighted by atomic mass is 10.1. The molecule has 0 fully saturated rings. The lowest BCUT2D eigenvalue weighted by Gasteiger charge is -2.12. The van der Waals surface area contributed by atoms with Crippen LogP contribution >= 0.6 is 0 Å². The van der Waals surface area contributed by atoms with E-state index in [1.807, 2.05) is 30.3 Å². The molecule has 0 amide bonds. The zero-order valence-corrected chi connectivity index (χ0v) is 17.5. The van der Waals surface area contributed by atoms with Gasteiger partial charge in [0.25, 0.3) is 0 Å². The fraction of sp³-hybridized carbons (Fsp3) is 0.240. The zero-order chi connectivity index (χ0) is 20.7. The van der Waals surface area contributed by atoms with Gasteiger partial charge in [0.15, 0.2) is 0 Å². The Kier molecular flexibility index (Phi) is 4.68. The van der Waals surface area contributed by atoms with Crippen molar-refractivity contribution in [3.05, 3.63) is 60.3 Å². The summed E-state index contributed by atoms with van der Waals surface area (Å²) in [5.41, 5.74) is 5.64. The maximum absolute atomic E-state index is 5.38. The molecule has 2 heterocycles. The maximum atomic E-state index is 5.38. The molecule has 0 aliphatic carbocycles. The molecule has 5 heteroatoms. The molecule has 0 N–H and O–H groups in total. The van der Waals surface area contributed by atoms with Crippen LogP contribution in [0.4, 0.5) is 0 Å². The van der Waals surface area contributed by atoms with Crippen LogP contribution in [-0.4, -0.2) is 47.6 Å². The molecule has 0 atom stereocenters. The third-order valence-corrected chi connectivity index (χ3v) is 5.56. The number of hydrogen-bond donors (Lipinski definition) is 0. The molecule has 30 heavy (non-hydrogen) atoms.